The van der Waals surface area contributed by atoms with E-state index in [1.165, 1.54) is 29.8 Å². The van der Waals surface area contributed by atoms with Crippen molar-refractivity contribution >= 4 is 0 Å². The third-order valence-corrected chi connectivity index (χ3v) is 3.78. The molecule has 1 aliphatic carbocycles. The van der Waals surface area contributed by atoms with Crippen molar-refractivity contribution in [2.75, 3.05) is 13.7 Å². The highest BCUT2D eigenvalue weighted by Crippen LogP contribution is 2.22. The van der Waals surface area contributed by atoms with Crippen LogP contribution in [0.4, 0.5) is 0 Å². The monoisotopic (exact) mass is 265 g/mol. The van der Waals surface area contributed by atoms with Gasteiger partial charge in [0.25, 0.3) is 0 Å². The second-order valence-corrected chi connectivity index (χ2v) is 5.30. The fraction of sp³-hybridized carbons (Fsp3) is 0.800. The standard InChI is InChI=1S/C15H27N3O/c1-4-14-13(11-16-12-7-8-12)15(5-2)18(17-14)9-6-10-19-3/h12,16H,4-11H2,1-3H3. The molecule has 0 bridgehead atoms. The van der Waals surface area contributed by atoms with Crippen molar-refractivity contribution in [2.24, 2.45) is 0 Å². The van der Waals surface area contributed by atoms with Crippen molar-refractivity contribution in [3.63, 3.8) is 0 Å². The van der Waals surface area contributed by atoms with Crippen LogP contribution in [0.3, 0.4) is 0 Å². The lowest BCUT2D eigenvalue weighted by atomic mass is 10.1. The van der Waals surface area contributed by atoms with Crippen LogP contribution in [0.25, 0.3) is 0 Å². The largest absolute Gasteiger partial charge is 0.385 e. The number of hydrogen-bond acceptors (Lipinski definition) is 3. The third kappa shape index (κ3) is 3.80. The first-order chi connectivity index (χ1) is 9.30. The minimum absolute atomic E-state index is 0.756. The van der Waals surface area contributed by atoms with Crippen LogP contribution in [0.15, 0.2) is 0 Å². The van der Waals surface area contributed by atoms with Crippen molar-refractivity contribution < 1.29 is 4.74 Å². The molecule has 0 aliphatic heterocycles. The SMILES string of the molecule is CCc1nn(CCCOC)c(CC)c1CNC1CC1. The van der Waals surface area contributed by atoms with Gasteiger partial charge >= 0.3 is 0 Å². The zero-order chi connectivity index (χ0) is 13.7. The van der Waals surface area contributed by atoms with E-state index in [0.717, 1.165) is 45.0 Å². The van der Waals surface area contributed by atoms with E-state index >= 15 is 0 Å². The summed E-state index contributed by atoms with van der Waals surface area (Å²) >= 11 is 0. The van der Waals surface area contributed by atoms with Gasteiger partial charge in [-0.15, -0.1) is 0 Å². The maximum Gasteiger partial charge on any atom is 0.0669 e. The Morgan fingerprint density at radius 3 is 2.68 bits per heavy atom. The zero-order valence-electron chi connectivity index (χ0n) is 12.5. The summed E-state index contributed by atoms with van der Waals surface area (Å²) < 4.78 is 7.33. The molecular formula is C15H27N3O. The van der Waals surface area contributed by atoms with Crippen LogP contribution in [-0.4, -0.2) is 29.5 Å². The summed E-state index contributed by atoms with van der Waals surface area (Å²) in [6.45, 7) is 7.18. The smallest absolute Gasteiger partial charge is 0.0669 e. The van der Waals surface area contributed by atoms with E-state index < -0.39 is 0 Å². The van der Waals surface area contributed by atoms with Crippen LogP contribution in [-0.2, 0) is 30.7 Å². The van der Waals surface area contributed by atoms with Gasteiger partial charge in [-0.2, -0.15) is 5.10 Å². The van der Waals surface area contributed by atoms with Crippen molar-refractivity contribution in [3.05, 3.63) is 17.0 Å². The Balaban J connectivity index is 2.08. The summed E-state index contributed by atoms with van der Waals surface area (Å²) in [6, 6.07) is 0.756. The predicted octanol–water partition coefficient (Wildman–Crippen LogP) is 2.30. The van der Waals surface area contributed by atoms with E-state index in [0.29, 0.717) is 0 Å². The molecule has 1 aromatic heterocycles. The van der Waals surface area contributed by atoms with Crippen molar-refractivity contribution in [1.82, 2.24) is 15.1 Å². The lowest BCUT2D eigenvalue weighted by Crippen LogP contribution is -2.17. The average molecular weight is 265 g/mol. The average Bonchev–Trinajstić information content (AvgIpc) is 3.18. The molecule has 1 aliphatic rings. The van der Waals surface area contributed by atoms with Gasteiger partial charge in [-0.3, -0.25) is 4.68 Å². The Bertz CT molecular complexity index is 396. The van der Waals surface area contributed by atoms with Gasteiger partial charge in [-0.1, -0.05) is 13.8 Å². The molecule has 4 nitrogen and oxygen atoms in total. The summed E-state index contributed by atoms with van der Waals surface area (Å²) in [5.41, 5.74) is 4.11. The molecular weight excluding hydrogens is 238 g/mol. The summed E-state index contributed by atoms with van der Waals surface area (Å²) in [6.07, 6.45) is 5.78. The molecule has 108 valence electrons. The molecule has 1 N–H and O–H groups in total. The Morgan fingerprint density at radius 1 is 1.32 bits per heavy atom. The molecule has 2 rings (SSSR count). The van der Waals surface area contributed by atoms with Crippen LogP contribution >= 0.6 is 0 Å². The molecule has 0 spiro atoms. The Labute approximate surface area is 116 Å². The lowest BCUT2D eigenvalue weighted by Gasteiger charge is -2.08. The summed E-state index contributed by atoms with van der Waals surface area (Å²) in [7, 11) is 1.76. The summed E-state index contributed by atoms with van der Waals surface area (Å²) in [4.78, 5) is 0. The summed E-state index contributed by atoms with van der Waals surface area (Å²) in [5.74, 6) is 0. The van der Waals surface area contributed by atoms with Gasteiger partial charge in [0, 0.05) is 44.1 Å². The van der Waals surface area contributed by atoms with Gasteiger partial charge < -0.3 is 10.1 Å². The molecule has 0 saturated heterocycles. The van der Waals surface area contributed by atoms with Gasteiger partial charge in [0.15, 0.2) is 0 Å². The van der Waals surface area contributed by atoms with Gasteiger partial charge in [0.05, 0.1) is 5.69 Å². The van der Waals surface area contributed by atoms with Gasteiger partial charge in [-0.05, 0) is 32.1 Å². The Morgan fingerprint density at radius 2 is 2.11 bits per heavy atom. The normalized spacial score (nSPS) is 15.1. The Kier molecular flexibility index (Phi) is 5.40. The molecule has 0 radical (unpaired) electrons. The van der Waals surface area contributed by atoms with Gasteiger partial charge in [-0.25, -0.2) is 0 Å². The Hall–Kier alpha value is -0.870. The topological polar surface area (TPSA) is 39.1 Å². The van der Waals surface area contributed by atoms with E-state index in [-0.39, 0.29) is 0 Å². The molecule has 1 saturated carbocycles. The van der Waals surface area contributed by atoms with Gasteiger partial charge in [0.1, 0.15) is 0 Å². The van der Waals surface area contributed by atoms with Crippen LogP contribution in [0.2, 0.25) is 0 Å². The molecule has 0 aromatic carbocycles. The molecule has 1 aromatic rings. The minimum atomic E-state index is 0.756. The zero-order valence-corrected chi connectivity index (χ0v) is 12.5. The van der Waals surface area contributed by atoms with Crippen LogP contribution in [0.1, 0.15) is 50.1 Å². The van der Waals surface area contributed by atoms with Crippen LogP contribution in [0.5, 0.6) is 0 Å². The fourth-order valence-corrected chi connectivity index (χ4v) is 2.55. The molecule has 0 unspecified atom stereocenters. The molecule has 4 heteroatoms. The van der Waals surface area contributed by atoms with E-state index in [2.05, 4.69) is 23.8 Å². The molecule has 1 fully saturated rings. The fourth-order valence-electron chi connectivity index (χ4n) is 2.55. The maximum absolute atomic E-state index is 5.13. The maximum atomic E-state index is 5.13. The van der Waals surface area contributed by atoms with E-state index in [1.807, 2.05) is 0 Å². The number of nitrogens with one attached hydrogen (secondary N) is 1. The first-order valence-corrected chi connectivity index (χ1v) is 7.59. The number of aromatic nitrogens is 2. The first-order valence-electron chi connectivity index (χ1n) is 7.59. The molecule has 1 heterocycles. The van der Waals surface area contributed by atoms with Crippen LogP contribution in [0, 0.1) is 0 Å². The molecule has 0 amide bonds. The quantitative estimate of drug-likeness (QED) is 0.696. The predicted molar refractivity (Wildman–Crippen MR) is 77.3 cm³/mol. The number of rotatable bonds is 9. The molecule has 19 heavy (non-hydrogen) atoms. The minimum Gasteiger partial charge on any atom is -0.385 e. The number of nitrogens with zero attached hydrogens (tertiary/aromatic N) is 2. The number of methoxy groups -OCH3 is 1. The third-order valence-electron chi connectivity index (χ3n) is 3.78. The van der Waals surface area contributed by atoms with E-state index in [4.69, 9.17) is 9.84 Å². The van der Waals surface area contributed by atoms with Crippen molar-refractivity contribution in [1.29, 1.82) is 0 Å². The highest BCUT2D eigenvalue weighted by atomic mass is 16.5. The van der Waals surface area contributed by atoms with Crippen LogP contribution < -0.4 is 5.32 Å². The lowest BCUT2D eigenvalue weighted by molar-refractivity contribution is 0.188. The number of aryl methyl sites for hydroxylation is 2. The molecule has 0 atom stereocenters. The highest BCUT2D eigenvalue weighted by molar-refractivity contribution is 5.27. The van der Waals surface area contributed by atoms with Crippen molar-refractivity contribution in [3.8, 4) is 0 Å². The van der Waals surface area contributed by atoms with Crippen molar-refractivity contribution in [2.45, 2.75) is 65.1 Å². The van der Waals surface area contributed by atoms with Gasteiger partial charge in [0.2, 0.25) is 0 Å². The van der Waals surface area contributed by atoms with E-state index in [9.17, 15) is 0 Å². The summed E-state index contributed by atoms with van der Waals surface area (Å²) in [5, 5.41) is 8.42. The number of ether oxygens (including phenoxy) is 1. The number of hydrogen-bond donors (Lipinski definition) is 1. The second-order valence-electron chi connectivity index (χ2n) is 5.30. The van der Waals surface area contributed by atoms with E-state index in [1.54, 1.807) is 7.11 Å². The highest BCUT2D eigenvalue weighted by Gasteiger charge is 2.22. The first kappa shape index (κ1) is 14.5. The second kappa shape index (κ2) is 7.06.